The summed E-state index contributed by atoms with van der Waals surface area (Å²) in [6.45, 7) is 0. The van der Waals surface area contributed by atoms with E-state index < -0.39 is 25.5 Å². The Labute approximate surface area is 132 Å². The Bertz CT molecular complexity index is 886. The minimum absolute atomic E-state index is 0.175. The van der Waals surface area contributed by atoms with Crippen LogP contribution < -0.4 is 9.46 Å². The highest BCUT2D eigenvalue weighted by atomic mass is 32.2. The van der Waals surface area contributed by atoms with E-state index in [1.165, 1.54) is 37.4 Å². The van der Waals surface area contributed by atoms with Crippen LogP contribution in [0.25, 0.3) is 0 Å². The average Bonchev–Trinajstić information content (AvgIpc) is 2.54. The van der Waals surface area contributed by atoms with Crippen LogP contribution in [0.3, 0.4) is 0 Å². The third-order valence-corrected chi connectivity index (χ3v) is 4.35. The van der Waals surface area contributed by atoms with Crippen LogP contribution in [0.4, 0.5) is 11.4 Å². The first kappa shape index (κ1) is 16.3. The highest BCUT2D eigenvalue weighted by Crippen LogP contribution is 2.29. The largest absolute Gasteiger partial charge is 0.497 e. The first-order chi connectivity index (χ1) is 10.9. The molecule has 0 fully saturated rings. The number of rotatable bonds is 5. The summed E-state index contributed by atoms with van der Waals surface area (Å²) in [4.78, 5) is 9.82. The summed E-state index contributed by atoms with van der Waals surface area (Å²) in [5.41, 5.74) is -0.0389. The summed E-state index contributed by atoms with van der Waals surface area (Å²) in [7, 11) is -2.84. The second-order valence-corrected chi connectivity index (χ2v) is 6.04. The molecular weight excluding hydrogens is 322 g/mol. The van der Waals surface area contributed by atoms with Gasteiger partial charge < -0.3 is 4.74 Å². The lowest BCUT2D eigenvalue weighted by Gasteiger charge is -2.09. The number of nitrogens with one attached hydrogen (secondary N) is 1. The molecule has 0 saturated carbocycles. The Morgan fingerprint density at radius 1 is 1.22 bits per heavy atom. The normalized spacial score (nSPS) is 10.6. The molecule has 0 bridgehead atoms. The Kier molecular flexibility index (Phi) is 4.47. The minimum Gasteiger partial charge on any atom is -0.497 e. The van der Waals surface area contributed by atoms with Gasteiger partial charge in [0.2, 0.25) is 0 Å². The number of sulfonamides is 1. The maximum Gasteiger partial charge on any atom is 0.293 e. The van der Waals surface area contributed by atoms with Gasteiger partial charge in [-0.15, -0.1) is 0 Å². The lowest BCUT2D eigenvalue weighted by molar-refractivity contribution is -0.387. The van der Waals surface area contributed by atoms with Crippen molar-refractivity contribution in [2.75, 3.05) is 11.8 Å². The van der Waals surface area contributed by atoms with E-state index in [0.717, 1.165) is 12.1 Å². The van der Waals surface area contributed by atoms with E-state index in [0.29, 0.717) is 5.56 Å². The molecule has 2 aromatic carbocycles. The zero-order chi connectivity index (χ0) is 17.0. The number of nitro benzene ring substituents is 1. The molecule has 0 heterocycles. The van der Waals surface area contributed by atoms with Gasteiger partial charge in [-0.3, -0.25) is 14.8 Å². The molecule has 118 valence electrons. The topological polar surface area (TPSA) is 122 Å². The number of ether oxygens (including phenoxy) is 1. The molecule has 8 nitrogen and oxygen atoms in total. The van der Waals surface area contributed by atoms with Crippen LogP contribution >= 0.6 is 0 Å². The minimum atomic E-state index is -4.16. The zero-order valence-electron chi connectivity index (χ0n) is 11.9. The van der Waals surface area contributed by atoms with Crippen LogP contribution in [0, 0.1) is 21.4 Å². The fourth-order valence-electron chi connectivity index (χ4n) is 1.82. The molecule has 0 aliphatic carbocycles. The summed E-state index contributed by atoms with van der Waals surface area (Å²) >= 11 is 0. The van der Waals surface area contributed by atoms with E-state index in [1.54, 1.807) is 0 Å². The molecule has 0 aliphatic heterocycles. The van der Waals surface area contributed by atoms with E-state index in [-0.39, 0.29) is 11.4 Å². The van der Waals surface area contributed by atoms with E-state index in [1.807, 2.05) is 6.07 Å². The standard InChI is InChI=1S/C14H11N3O5S/c1-22-12-6-7-14(13(8-12)17(18)19)23(20,21)16-11-4-2-10(9-15)3-5-11/h2-8,16H,1H3. The van der Waals surface area contributed by atoms with Crippen LogP contribution in [0.5, 0.6) is 5.75 Å². The molecule has 0 atom stereocenters. The monoisotopic (exact) mass is 333 g/mol. The number of benzene rings is 2. The molecule has 23 heavy (non-hydrogen) atoms. The summed E-state index contributed by atoms with van der Waals surface area (Å²) in [5.74, 6) is 0.175. The maximum absolute atomic E-state index is 12.4. The molecular formula is C14H11N3O5S. The van der Waals surface area contributed by atoms with E-state index in [4.69, 9.17) is 10.00 Å². The Balaban J connectivity index is 2.42. The van der Waals surface area contributed by atoms with Gasteiger partial charge in [0.05, 0.1) is 29.7 Å². The van der Waals surface area contributed by atoms with Crippen molar-refractivity contribution in [3.8, 4) is 11.8 Å². The number of hydrogen-bond acceptors (Lipinski definition) is 6. The van der Waals surface area contributed by atoms with Crippen molar-refractivity contribution in [3.05, 3.63) is 58.1 Å². The van der Waals surface area contributed by atoms with Gasteiger partial charge in [-0.05, 0) is 36.4 Å². The smallest absolute Gasteiger partial charge is 0.293 e. The molecule has 0 saturated heterocycles. The quantitative estimate of drug-likeness (QED) is 0.661. The van der Waals surface area contributed by atoms with E-state index >= 15 is 0 Å². The predicted octanol–water partition coefficient (Wildman–Crippen LogP) is 2.28. The van der Waals surface area contributed by atoms with E-state index in [2.05, 4.69) is 4.72 Å². The molecule has 0 radical (unpaired) electrons. The van der Waals surface area contributed by atoms with Crippen molar-refractivity contribution in [2.45, 2.75) is 4.90 Å². The molecule has 0 aromatic heterocycles. The van der Waals surface area contributed by atoms with Crippen LogP contribution in [-0.2, 0) is 10.0 Å². The lowest BCUT2D eigenvalue weighted by Crippen LogP contribution is -2.14. The van der Waals surface area contributed by atoms with Crippen LogP contribution in [0.1, 0.15) is 5.56 Å². The third kappa shape index (κ3) is 3.56. The molecule has 0 amide bonds. The Morgan fingerprint density at radius 3 is 2.39 bits per heavy atom. The maximum atomic E-state index is 12.4. The first-order valence-electron chi connectivity index (χ1n) is 6.23. The molecule has 9 heteroatoms. The van der Waals surface area contributed by atoms with Gasteiger partial charge in [0.15, 0.2) is 4.90 Å². The number of nitrogens with zero attached hydrogens (tertiary/aromatic N) is 2. The fraction of sp³-hybridized carbons (Fsp3) is 0.0714. The van der Waals surface area contributed by atoms with Gasteiger partial charge in [0.1, 0.15) is 5.75 Å². The van der Waals surface area contributed by atoms with Gasteiger partial charge in [0, 0.05) is 5.69 Å². The summed E-state index contributed by atoms with van der Waals surface area (Å²) in [6, 6.07) is 11.0. The van der Waals surface area contributed by atoms with Crippen LogP contribution in [-0.4, -0.2) is 20.5 Å². The van der Waals surface area contributed by atoms with Crippen molar-refractivity contribution in [2.24, 2.45) is 0 Å². The number of hydrogen-bond donors (Lipinski definition) is 1. The van der Waals surface area contributed by atoms with Crippen molar-refractivity contribution in [3.63, 3.8) is 0 Å². The Morgan fingerprint density at radius 2 is 1.87 bits per heavy atom. The predicted molar refractivity (Wildman–Crippen MR) is 81.6 cm³/mol. The van der Waals surface area contributed by atoms with E-state index in [9.17, 15) is 18.5 Å². The van der Waals surface area contributed by atoms with Gasteiger partial charge >= 0.3 is 0 Å². The number of nitriles is 1. The lowest BCUT2D eigenvalue weighted by atomic mass is 10.2. The second-order valence-electron chi connectivity index (χ2n) is 4.39. The van der Waals surface area contributed by atoms with Gasteiger partial charge in [-0.1, -0.05) is 0 Å². The van der Waals surface area contributed by atoms with Crippen LogP contribution in [0.15, 0.2) is 47.4 Å². The van der Waals surface area contributed by atoms with Crippen LogP contribution in [0.2, 0.25) is 0 Å². The molecule has 0 aliphatic rings. The zero-order valence-corrected chi connectivity index (χ0v) is 12.7. The number of anilines is 1. The highest BCUT2D eigenvalue weighted by molar-refractivity contribution is 7.92. The number of nitro groups is 1. The molecule has 1 N–H and O–H groups in total. The Hall–Kier alpha value is -3.12. The molecule has 2 rings (SSSR count). The van der Waals surface area contributed by atoms with Gasteiger partial charge in [0.25, 0.3) is 15.7 Å². The summed E-state index contributed by atoms with van der Waals surface area (Å²) in [5, 5.41) is 19.8. The third-order valence-electron chi connectivity index (χ3n) is 2.92. The number of methoxy groups -OCH3 is 1. The average molecular weight is 333 g/mol. The second kappa shape index (κ2) is 6.33. The highest BCUT2D eigenvalue weighted by Gasteiger charge is 2.26. The van der Waals surface area contributed by atoms with Gasteiger partial charge in [-0.2, -0.15) is 5.26 Å². The molecule has 2 aromatic rings. The summed E-state index contributed by atoms with van der Waals surface area (Å²) < 4.78 is 31.8. The summed E-state index contributed by atoms with van der Waals surface area (Å²) in [6.07, 6.45) is 0. The SMILES string of the molecule is COc1ccc(S(=O)(=O)Nc2ccc(C#N)cc2)c([N+](=O)[O-])c1. The van der Waals surface area contributed by atoms with Gasteiger partial charge in [-0.25, -0.2) is 8.42 Å². The fourth-order valence-corrected chi connectivity index (χ4v) is 3.03. The van der Waals surface area contributed by atoms with Crippen molar-refractivity contribution >= 4 is 21.4 Å². The van der Waals surface area contributed by atoms with Crippen molar-refractivity contribution in [1.82, 2.24) is 0 Å². The van der Waals surface area contributed by atoms with Crippen molar-refractivity contribution in [1.29, 1.82) is 5.26 Å². The van der Waals surface area contributed by atoms with Crippen molar-refractivity contribution < 1.29 is 18.1 Å². The first-order valence-corrected chi connectivity index (χ1v) is 7.71. The molecule has 0 unspecified atom stereocenters. The molecule has 0 spiro atoms.